The second kappa shape index (κ2) is 12.8. The summed E-state index contributed by atoms with van der Waals surface area (Å²) in [6, 6.07) is 11.9. The zero-order valence-electron chi connectivity index (χ0n) is 22.6. The Balaban J connectivity index is 1.47. The van der Waals surface area contributed by atoms with E-state index in [0.717, 1.165) is 11.3 Å². The Morgan fingerprint density at radius 3 is 2.57 bits per heavy atom. The number of hydrogen-bond donors (Lipinski definition) is 2. The van der Waals surface area contributed by atoms with Crippen molar-refractivity contribution >= 4 is 54.3 Å². The van der Waals surface area contributed by atoms with Crippen LogP contribution in [0.4, 0.5) is 13.2 Å². The lowest BCUT2D eigenvalue weighted by molar-refractivity contribution is -0.130. The van der Waals surface area contributed by atoms with Gasteiger partial charge >= 0.3 is 6.18 Å². The van der Waals surface area contributed by atoms with Crippen LogP contribution in [0.2, 0.25) is 0 Å². The molecular weight excluding hydrogens is 648 g/mol. The Kier molecular flexibility index (Phi) is 9.26. The van der Waals surface area contributed by atoms with Gasteiger partial charge in [0.1, 0.15) is 10.8 Å². The summed E-state index contributed by atoms with van der Waals surface area (Å²) < 4.78 is 93.2. The Morgan fingerprint density at radius 1 is 1.14 bits per heavy atom. The van der Waals surface area contributed by atoms with Gasteiger partial charge in [0.05, 0.1) is 28.9 Å². The highest BCUT2D eigenvalue weighted by molar-refractivity contribution is 7.92. The van der Waals surface area contributed by atoms with E-state index < -0.39 is 57.1 Å². The molecule has 2 aromatic heterocycles. The fraction of sp³-hybridized carbons (Fsp3) is 0.346. The number of sulfone groups is 1. The number of nitrogens with zero attached hydrogens (tertiary/aromatic N) is 4. The first-order valence-corrected chi connectivity index (χ1v) is 16.7. The number of piperidine rings is 1. The molecule has 1 saturated heterocycles. The van der Waals surface area contributed by atoms with Crippen LogP contribution in [0.5, 0.6) is 0 Å². The van der Waals surface area contributed by atoms with Crippen LogP contribution in [-0.4, -0.2) is 74.0 Å². The number of halogens is 3. The molecule has 2 N–H and O–H groups in total. The number of carbonyl (C=O) groups excluding carboxylic acids is 2. The second-order valence-corrected chi connectivity index (χ2v) is 13.9. The first-order chi connectivity index (χ1) is 20.8. The van der Waals surface area contributed by atoms with Gasteiger partial charge in [-0.25, -0.2) is 22.3 Å². The van der Waals surface area contributed by atoms with Crippen molar-refractivity contribution in [2.75, 3.05) is 18.8 Å². The van der Waals surface area contributed by atoms with Crippen molar-refractivity contribution in [2.24, 2.45) is 0 Å². The largest absolute Gasteiger partial charge is 0.422 e. The van der Waals surface area contributed by atoms with E-state index in [1.165, 1.54) is 0 Å². The Hall–Kier alpha value is -3.58. The molecule has 1 aliphatic heterocycles. The van der Waals surface area contributed by atoms with Crippen molar-refractivity contribution in [2.45, 2.75) is 37.2 Å². The molecule has 0 radical (unpaired) electrons. The van der Waals surface area contributed by atoms with Gasteiger partial charge in [0, 0.05) is 31.5 Å². The predicted molar refractivity (Wildman–Crippen MR) is 153 cm³/mol. The van der Waals surface area contributed by atoms with E-state index in [0.29, 0.717) is 52.8 Å². The van der Waals surface area contributed by atoms with Gasteiger partial charge in [0.15, 0.2) is 15.1 Å². The molecule has 3 heterocycles. The Bertz CT molecular complexity index is 1830. The maximum Gasteiger partial charge on any atom is 0.390 e. The minimum absolute atomic E-state index is 0.100. The minimum atomic E-state index is -4.74. The Labute approximate surface area is 255 Å². The molecule has 0 aliphatic carbocycles. The number of alkyl halides is 3. The average Bonchev–Trinajstić information content (AvgIpc) is 3.61. The normalized spacial score (nSPS) is 15.9. The molecule has 4 aromatic rings. The average molecular weight is 672 g/mol. The van der Waals surface area contributed by atoms with Crippen molar-refractivity contribution in [1.29, 1.82) is 0 Å². The van der Waals surface area contributed by atoms with E-state index in [1.807, 2.05) is 0 Å². The molecule has 44 heavy (non-hydrogen) atoms. The van der Waals surface area contributed by atoms with E-state index in [4.69, 9.17) is 8.97 Å². The zero-order chi connectivity index (χ0) is 31.6. The fourth-order valence-corrected chi connectivity index (χ4v) is 7.89. The number of thiazole rings is 1. The van der Waals surface area contributed by atoms with Gasteiger partial charge in [0.2, 0.25) is 23.0 Å². The van der Waals surface area contributed by atoms with E-state index in [2.05, 4.69) is 19.9 Å². The van der Waals surface area contributed by atoms with E-state index in [-0.39, 0.29) is 22.6 Å². The lowest BCUT2D eigenvalue weighted by Crippen LogP contribution is -2.38. The number of likely N-dealkylation sites (tertiary alicyclic amines) is 1. The SMILES string of the molecule is O=C1CCN(C(=O)c2cccc(-c3ccc4nc(C(c5nnc(CNS(=O)O)o5)S(=O)(=O)CCC(F)(F)F)sc4c3)c2)CC1. The fourth-order valence-electron chi connectivity index (χ4n) is 4.56. The zero-order valence-corrected chi connectivity index (χ0v) is 25.1. The number of fused-ring (bicyclic) bond motifs is 1. The van der Waals surface area contributed by atoms with Crippen LogP contribution in [0, 0.1) is 0 Å². The second-order valence-electron chi connectivity index (χ2n) is 9.86. The van der Waals surface area contributed by atoms with Crippen molar-refractivity contribution in [3.05, 3.63) is 64.8 Å². The summed E-state index contributed by atoms with van der Waals surface area (Å²) in [5.41, 5.74) is 2.16. The summed E-state index contributed by atoms with van der Waals surface area (Å²) >= 11 is -1.51. The molecule has 2 aromatic carbocycles. The molecule has 0 saturated carbocycles. The third-order valence-electron chi connectivity index (χ3n) is 6.76. The highest BCUT2D eigenvalue weighted by Gasteiger charge is 2.40. The third-order valence-corrected chi connectivity index (χ3v) is 10.3. The molecule has 0 spiro atoms. The van der Waals surface area contributed by atoms with Gasteiger partial charge < -0.3 is 9.32 Å². The van der Waals surface area contributed by atoms with Crippen molar-refractivity contribution < 1.29 is 44.4 Å². The highest BCUT2D eigenvalue weighted by atomic mass is 32.2. The molecule has 1 amide bonds. The number of nitrogens with one attached hydrogen (secondary N) is 1. The van der Waals surface area contributed by atoms with Crippen LogP contribution in [0.25, 0.3) is 21.3 Å². The van der Waals surface area contributed by atoms with Gasteiger partial charge in [-0.3, -0.25) is 14.1 Å². The summed E-state index contributed by atoms with van der Waals surface area (Å²) in [5.74, 6) is -2.13. The Morgan fingerprint density at radius 2 is 1.86 bits per heavy atom. The number of Topliss-reactive ketones (excluding diaryl/α,β-unsaturated/α-hetero) is 1. The van der Waals surface area contributed by atoms with Gasteiger partial charge in [-0.05, 0) is 35.4 Å². The molecule has 12 nitrogen and oxygen atoms in total. The first-order valence-electron chi connectivity index (χ1n) is 13.1. The van der Waals surface area contributed by atoms with Crippen molar-refractivity contribution in [3.63, 3.8) is 0 Å². The lowest BCUT2D eigenvalue weighted by Gasteiger charge is -2.26. The molecule has 2 atom stereocenters. The summed E-state index contributed by atoms with van der Waals surface area (Å²) in [7, 11) is -4.58. The van der Waals surface area contributed by atoms with Crippen LogP contribution in [0.15, 0.2) is 46.9 Å². The molecule has 5 rings (SSSR count). The number of amides is 1. The van der Waals surface area contributed by atoms with Crippen LogP contribution >= 0.6 is 11.3 Å². The summed E-state index contributed by atoms with van der Waals surface area (Å²) in [5, 5.41) is 5.43. The molecule has 2 unspecified atom stereocenters. The number of ketones is 1. The lowest BCUT2D eigenvalue weighted by atomic mass is 10.0. The maximum atomic E-state index is 13.2. The smallest absolute Gasteiger partial charge is 0.390 e. The number of rotatable bonds is 10. The standard InChI is InChI=1S/C26H24F3N5O7S3/c27-26(28,29)8-11-44(39,40)22(23-33-32-21(41-23)14-30-43(37)38)24-31-19-5-4-16(13-20(19)42-24)15-2-1-3-17(12-15)25(36)34-9-6-18(35)7-10-34/h1-5,12-13,22,30H,6-11,14H2,(H,37,38). The maximum absolute atomic E-state index is 13.2. The quantitative estimate of drug-likeness (QED) is 0.236. The minimum Gasteiger partial charge on any atom is -0.422 e. The van der Waals surface area contributed by atoms with Gasteiger partial charge in [-0.1, -0.05) is 18.2 Å². The van der Waals surface area contributed by atoms with E-state index >= 15 is 0 Å². The van der Waals surface area contributed by atoms with E-state index in [9.17, 15) is 35.4 Å². The number of hydrogen-bond acceptors (Lipinski definition) is 10. The number of benzene rings is 2. The molecular formula is C26H24F3N5O7S3. The van der Waals surface area contributed by atoms with Gasteiger partial charge in [0.25, 0.3) is 5.91 Å². The summed E-state index contributed by atoms with van der Waals surface area (Å²) in [6.45, 7) is 0.305. The first kappa shape index (κ1) is 31.8. The van der Waals surface area contributed by atoms with Crippen LogP contribution in [0.3, 0.4) is 0 Å². The molecule has 18 heteroatoms. The topological polar surface area (TPSA) is 173 Å². The molecule has 0 bridgehead atoms. The summed E-state index contributed by atoms with van der Waals surface area (Å²) in [6.07, 6.45) is -5.71. The van der Waals surface area contributed by atoms with Crippen LogP contribution < -0.4 is 4.72 Å². The number of carbonyl (C=O) groups is 2. The predicted octanol–water partition coefficient (Wildman–Crippen LogP) is 3.83. The highest BCUT2D eigenvalue weighted by Crippen LogP contribution is 2.38. The van der Waals surface area contributed by atoms with Crippen LogP contribution in [0.1, 0.15) is 51.7 Å². The van der Waals surface area contributed by atoms with Crippen molar-refractivity contribution in [3.8, 4) is 11.1 Å². The third kappa shape index (κ3) is 7.55. The molecule has 234 valence electrons. The van der Waals surface area contributed by atoms with Crippen LogP contribution in [-0.2, 0) is 32.4 Å². The number of aromatic nitrogens is 3. The van der Waals surface area contributed by atoms with Gasteiger partial charge in [-0.15, -0.1) is 21.5 Å². The molecule has 1 fully saturated rings. The summed E-state index contributed by atoms with van der Waals surface area (Å²) in [4.78, 5) is 30.6. The molecule has 1 aliphatic rings. The van der Waals surface area contributed by atoms with E-state index in [1.54, 1.807) is 47.4 Å². The van der Waals surface area contributed by atoms with Gasteiger partial charge in [-0.2, -0.15) is 13.2 Å². The monoisotopic (exact) mass is 671 g/mol. The van der Waals surface area contributed by atoms with Crippen molar-refractivity contribution in [1.82, 2.24) is 24.8 Å².